The molecule has 1 unspecified atom stereocenters. The standard InChI is InChI=1S/C73H124O6/c1-4-7-10-13-16-19-22-25-27-29-31-33-34-35-36-37-38-40-41-43-45-48-51-54-57-60-63-66-72(75)78-69-70(68-77-71(74)65-62-59-56-53-50-47-24-21-18-15-12-9-6-3)79-73(76)67-64-61-58-55-52-49-46-44-42-39-32-30-28-26-23-20-17-14-11-8-5-2/h7,10,16,19,25,27,30-33,35-36,38,40,43,45,51,54,70H,4-6,8-9,11-15,17-18,20-24,26,28-29,34,37,39,41-42,44,46-50,52-53,55-69H2,1-3H3/b10-7-,19-16-,27-25-,32-30-,33-31-,36-35-,40-38-,45-43-,54-51-. The Morgan fingerprint density at radius 3 is 0.810 bits per heavy atom. The Balaban J connectivity index is 4.41. The average molecular weight is 1100 g/mol. The van der Waals surface area contributed by atoms with Crippen LogP contribution in [0.5, 0.6) is 0 Å². The van der Waals surface area contributed by atoms with E-state index in [1.165, 1.54) is 167 Å². The van der Waals surface area contributed by atoms with Gasteiger partial charge in [-0.1, -0.05) is 297 Å². The van der Waals surface area contributed by atoms with E-state index in [-0.39, 0.29) is 31.1 Å². The molecule has 0 fully saturated rings. The maximum Gasteiger partial charge on any atom is 0.306 e. The van der Waals surface area contributed by atoms with Crippen LogP contribution < -0.4 is 0 Å². The van der Waals surface area contributed by atoms with Gasteiger partial charge in [0.05, 0.1) is 0 Å². The van der Waals surface area contributed by atoms with Crippen LogP contribution in [0.3, 0.4) is 0 Å². The maximum absolute atomic E-state index is 12.9. The first-order chi connectivity index (χ1) is 39.0. The Bertz CT molecular complexity index is 1590. The van der Waals surface area contributed by atoms with Crippen LogP contribution in [0.15, 0.2) is 109 Å². The lowest BCUT2D eigenvalue weighted by molar-refractivity contribution is -0.167. The molecule has 0 aliphatic heterocycles. The monoisotopic (exact) mass is 1100 g/mol. The molecule has 0 saturated carbocycles. The van der Waals surface area contributed by atoms with Gasteiger partial charge < -0.3 is 14.2 Å². The minimum absolute atomic E-state index is 0.0907. The zero-order valence-corrected chi connectivity index (χ0v) is 51.9. The van der Waals surface area contributed by atoms with Gasteiger partial charge in [-0.25, -0.2) is 0 Å². The first kappa shape index (κ1) is 75.1. The number of esters is 3. The van der Waals surface area contributed by atoms with Crippen LogP contribution in [0.4, 0.5) is 0 Å². The van der Waals surface area contributed by atoms with Crippen LogP contribution in [0, 0.1) is 0 Å². The minimum Gasteiger partial charge on any atom is -0.462 e. The smallest absolute Gasteiger partial charge is 0.306 e. The van der Waals surface area contributed by atoms with Crippen molar-refractivity contribution in [3.8, 4) is 0 Å². The second-order valence-electron chi connectivity index (χ2n) is 22.0. The van der Waals surface area contributed by atoms with Crippen molar-refractivity contribution in [3.05, 3.63) is 109 Å². The molecule has 0 N–H and O–H groups in total. The summed E-state index contributed by atoms with van der Waals surface area (Å²) in [5.74, 6) is -0.928. The summed E-state index contributed by atoms with van der Waals surface area (Å²) in [6.07, 6.45) is 91.0. The van der Waals surface area contributed by atoms with E-state index in [2.05, 4.69) is 130 Å². The van der Waals surface area contributed by atoms with Gasteiger partial charge in [0, 0.05) is 19.3 Å². The number of ether oxygens (including phenoxy) is 3. The second kappa shape index (κ2) is 66.6. The highest BCUT2D eigenvalue weighted by molar-refractivity contribution is 5.71. The molecule has 452 valence electrons. The predicted molar refractivity (Wildman–Crippen MR) is 343 cm³/mol. The van der Waals surface area contributed by atoms with E-state index < -0.39 is 6.10 Å². The molecule has 1 atom stereocenters. The molecule has 0 aromatic rings. The molecule has 0 bridgehead atoms. The summed E-state index contributed by atoms with van der Waals surface area (Å²) in [5.41, 5.74) is 0. The number of allylic oxidation sites excluding steroid dienone is 18. The highest BCUT2D eigenvalue weighted by Crippen LogP contribution is 2.16. The third kappa shape index (κ3) is 64.8. The molecule has 0 spiro atoms. The summed E-state index contributed by atoms with van der Waals surface area (Å²) in [7, 11) is 0. The van der Waals surface area contributed by atoms with Crippen molar-refractivity contribution in [2.24, 2.45) is 0 Å². The summed E-state index contributed by atoms with van der Waals surface area (Å²) in [6.45, 7) is 6.52. The molecule has 0 radical (unpaired) electrons. The van der Waals surface area contributed by atoms with Crippen LogP contribution in [-0.4, -0.2) is 37.2 Å². The molecule has 6 heteroatoms. The van der Waals surface area contributed by atoms with Crippen molar-refractivity contribution < 1.29 is 28.6 Å². The summed E-state index contributed by atoms with van der Waals surface area (Å²) >= 11 is 0. The van der Waals surface area contributed by atoms with Crippen LogP contribution in [0.25, 0.3) is 0 Å². The van der Waals surface area contributed by atoms with Crippen molar-refractivity contribution in [3.63, 3.8) is 0 Å². The normalized spacial score (nSPS) is 12.8. The quantitative estimate of drug-likeness (QED) is 0.0261. The Hall–Kier alpha value is -3.93. The van der Waals surface area contributed by atoms with E-state index in [0.29, 0.717) is 19.3 Å². The zero-order valence-electron chi connectivity index (χ0n) is 51.9. The zero-order chi connectivity index (χ0) is 57.1. The van der Waals surface area contributed by atoms with E-state index in [1.54, 1.807) is 0 Å². The lowest BCUT2D eigenvalue weighted by Gasteiger charge is -2.18. The molecule has 79 heavy (non-hydrogen) atoms. The van der Waals surface area contributed by atoms with Crippen LogP contribution in [-0.2, 0) is 28.6 Å². The molecular formula is C73H124O6. The number of carbonyl (C=O) groups excluding carboxylic acids is 3. The molecule has 6 nitrogen and oxygen atoms in total. The van der Waals surface area contributed by atoms with E-state index in [4.69, 9.17) is 14.2 Å². The van der Waals surface area contributed by atoms with E-state index in [9.17, 15) is 14.4 Å². The van der Waals surface area contributed by atoms with Crippen molar-refractivity contribution in [2.45, 2.75) is 322 Å². The third-order valence-electron chi connectivity index (χ3n) is 14.3. The average Bonchev–Trinajstić information content (AvgIpc) is 3.45. The predicted octanol–water partition coefficient (Wildman–Crippen LogP) is 23.0. The first-order valence-corrected chi connectivity index (χ1v) is 33.4. The van der Waals surface area contributed by atoms with Crippen LogP contribution in [0.1, 0.15) is 316 Å². The van der Waals surface area contributed by atoms with Gasteiger partial charge in [-0.05, 0) is 109 Å². The molecule has 0 aromatic heterocycles. The molecule has 0 saturated heterocycles. The van der Waals surface area contributed by atoms with Crippen molar-refractivity contribution in [2.75, 3.05) is 13.2 Å². The Kier molecular flexibility index (Phi) is 63.3. The van der Waals surface area contributed by atoms with E-state index >= 15 is 0 Å². The molecule has 0 amide bonds. The first-order valence-electron chi connectivity index (χ1n) is 33.4. The van der Waals surface area contributed by atoms with E-state index in [0.717, 1.165) is 109 Å². The number of carbonyl (C=O) groups is 3. The SMILES string of the molecule is CC/C=C\C/C=C\C/C=C\C/C=C\C/C=C\C/C=C\C/C=C\C/C=C\CCCCC(=O)OCC(COC(=O)CCCCCCCCCCCCCCC)OC(=O)CCCCCCCCCCC/C=C\CCCCCCCCCC. The van der Waals surface area contributed by atoms with Gasteiger partial charge in [0.25, 0.3) is 0 Å². The fraction of sp³-hybridized carbons (Fsp3) is 0.712. The van der Waals surface area contributed by atoms with E-state index in [1.807, 2.05) is 0 Å². The fourth-order valence-corrected chi connectivity index (χ4v) is 9.28. The van der Waals surface area contributed by atoms with Gasteiger partial charge in [-0.3, -0.25) is 14.4 Å². The summed E-state index contributed by atoms with van der Waals surface area (Å²) < 4.78 is 16.9. The van der Waals surface area contributed by atoms with Gasteiger partial charge in [-0.2, -0.15) is 0 Å². The summed E-state index contributed by atoms with van der Waals surface area (Å²) in [6, 6.07) is 0. The largest absolute Gasteiger partial charge is 0.462 e. The number of rotatable bonds is 60. The Labute approximate surface area is 489 Å². The Morgan fingerprint density at radius 1 is 0.266 bits per heavy atom. The second-order valence-corrected chi connectivity index (χ2v) is 22.0. The van der Waals surface area contributed by atoms with Crippen molar-refractivity contribution in [1.29, 1.82) is 0 Å². The topological polar surface area (TPSA) is 78.9 Å². The van der Waals surface area contributed by atoms with Gasteiger partial charge in [-0.15, -0.1) is 0 Å². The molecule has 0 aliphatic rings. The number of hydrogen-bond donors (Lipinski definition) is 0. The number of unbranched alkanes of at least 4 members (excludes halogenated alkanes) is 31. The Morgan fingerprint density at radius 2 is 0.494 bits per heavy atom. The lowest BCUT2D eigenvalue weighted by Crippen LogP contribution is -2.30. The van der Waals surface area contributed by atoms with Crippen molar-refractivity contribution in [1.82, 2.24) is 0 Å². The van der Waals surface area contributed by atoms with Crippen molar-refractivity contribution >= 4 is 17.9 Å². The molecule has 0 rings (SSSR count). The van der Waals surface area contributed by atoms with Gasteiger partial charge in [0.2, 0.25) is 0 Å². The minimum atomic E-state index is -0.798. The molecule has 0 aromatic carbocycles. The fourth-order valence-electron chi connectivity index (χ4n) is 9.28. The van der Waals surface area contributed by atoms with Gasteiger partial charge >= 0.3 is 17.9 Å². The highest BCUT2D eigenvalue weighted by Gasteiger charge is 2.19. The molecule has 0 aliphatic carbocycles. The van der Waals surface area contributed by atoms with Gasteiger partial charge in [0.1, 0.15) is 13.2 Å². The van der Waals surface area contributed by atoms with Gasteiger partial charge in [0.15, 0.2) is 6.10 Å². The molecule has 0 heterocycles. The van der Waals surface area contributed by atoms with Crippen LogP contribution in [0.2, 0.25) is 0 Å². The summed E-state index contributed by atoms with van der Waals surface area (Å²) in [5, 5.41) is 0. The number of hydrogen-bond acceptors (Lipinski definition) is 6. The van der Waals surface area contributed by atoms with Crippen LogP contribution >= 0.6 is 0 Å². The lowest BCUT2D eigenvalue weighted by atomic mass is 10.0. The third-order valence-corrected chi connectivity index (χ3v) is 14.3. The summed E-state index contributed by atoms with van der Waals surface area (Å²) in [4.78, 5) is 38.3. The maximum atomic E-state index is 12.9. The molecular weight excluding hydrogens is 973 g/mol. The highest BCUT2D eigenvalue weighted by atomic mass is 16.6.